The molecule has 0 amide bonds. The second-order valence-electron chi connectivity index (χ2n) is 4.83. The average Bonchev–Trinajstić information content (AvgIpc) is 2.97. The maximum absolute atomic E-state index is 5.39. The summed E-state index contributed by atoms with van der Waals surface area (Å²) < 4.78 is 6.48. The highest BCUT2D eigenvalue weighted by Crippen LogP contribution is 2.25. The molecule has 1 unspecified atom stereocenters. The molecule has 4 nitrogen and oxygen atoms in total. The van der Waals surface area contributed by atoms with Gasteiger partial charge < -0.3 is 9.84 Å². The van der Waals surface area contributed by atoms with Gasteiger partial charge in [0.25, 0.3) is 0 Å². The Morgan fingerprint density at radius 1 is 1.35 bits per heavy atom. The largest absolute Gasteiger partial charge is 0.339 e. The van der Waals surface area contributed by atoms with Crippen LogP contribution in [0.4, 0.5) is 0 Å². The van der Waals surface area contributed by atoms with Gasteiger partial charge in [-0.2, -0.15) is 4.98 Å². The zero-order chi connectivity index (χ0) is 13.8. The predicted octanol–water partition coefficient (Wildman–Crippen LogP) is 3.59. The van der Waals surface area contributed by atoms with Gasteiger partial charge in [0.2, 0.25) is 5.89 Å². The zero-order valence-electron chi connectivity index (χ0n) is 11.0. The van der Waals surface area contributed by atoms with Gasteiger partial charge in [0.1, 0.15) is 0 Å². The quantitative estimate of drug-likeness (QED) is 0.851. The molecule has 0 bridgehead atoms. The van der Waals surface area contributed by atoms with E-state index in [1.54, 1.807) is 11.8 Å². The molecule has 1 aromatic carbocycles. The summed E-state index contributed by atoms with van der Waals surface area (Å²) in [5.74, 6) is 2.68. The molecule has 2 aromatic rings. The highest BCUT2D eigenvalue weighted by molar-refractivity contribution is 9.10. The lowest BCUT2D eigenvalue weighted by molar-refractivity contribution is 0.320. The van der Waals surface area contributed by atoms with Crippen LogP contribution in [0, 0.1) is 0 Å². The SMILES string of the molecule is Brc1ccc(SCc2noc(C3CCCNC3)n2)cc1. The fraction of sp³-hybridized carbons (Fsp3) is 0.429. The van der Waals surface area contributed by atoms with Crippen LogP contribution in [0.1, 0.15) is 30.5 Å². The number of nitrogens with one attached hydrogen (secondary N) is 1. The highest BCUT2D eigenvalue weighted by atomic mass is 79.9. The van der Waals surface area contributed by atoms with Gasteiger partial charge >= 0.3 is 0 Å². The van der Waals surface area contributed by atoms with Crippen molar-refractivity contribution in [2.75, 3.05) is 13.1 Å². The lowest BCUT2D eigenvalue weighted by Crippen LogP contribution is -2.28. The summed E-state index contributed by atoms with van der Waals surface area (Å²) >= 11 is 5.15. The van der Waals surface area contributed by atoms with E-state index in [0.717, 1.165) is 41.5 Å². The smallest absolute Gasteiger partial charge is 0.231 e. The summed E-state index contributed by atoms with van der Waals surface area (Å²) in [6.07, 6.45) is 2.31. The number of thioether (sulfide) groups is 1. The summed E-state index contributed by atoms with van der Waals surface area (Å²) in [6, 6.07) is 8.25. The third kappa shape index (κ3) is 3.62. The summed E-state index contributed by atoms with van der Waals surface area (Å²) in [4.78, 5) is 5.73. The minimum absolute atomic E-state index is 0.377. The Morgan fingerprint density at radius 2 is 2.20 bits per heavy atom. The molecular formula is C14H16BrN3OS. The van der Waals surface area contributed by atoms with E-state index >= 15 is 0 Å². The predicted molar refractivity (Wildman–Crippen MR) is 82.8 cm³/mol. The second kappa shape index (κ2) is 6.74. The number of piperidine rings is 1. The molecule has 1 fully saturated rings. The van der Waals surface area contributed by atoms with Crippen LogP contribution in [-0.2, 0) is 5.75 Å². The van der Waals surface area contributed by atoms with Crippen molar-refractivity contribution in [1.82, 2.24) is 15.5 Å². The molecule has 0 spiro atoms. The molecule has 106 valence electrons. The first-order chi connectivity index (χ1) is 9.81. The van der Waals surface area contributed by atoms with E-state index in [9.17, 15) is 0 Å². The van der Waals surface area contributed by atoms with Crippen molar-refractivity contribution in [1.29, 1.82) is 0 Å². The first kappa shape index (κ1) is 14.1. The van der Waals surface area contributed by atoms with Gasteiger partial charge in [-0.15, -0.1) is 11.8 Å². The lowest BCUT2D eigenvalue weighted by atomic mass is 10.00. The normalized spacial score (nSPS) is 19.1. The molecule has 1 aliphatic heterocycles. The van der Waals surface area contributed by atoms with E-state index in [-0.39, 0.29) is 0 Å². The van der Waals surface area contributed by atoms with E-state index in [2.05, 4.69) is 43.5 Å². The van der Waals surface area contributed by atoms with Crippen molar-refractivity contribution < 1.29 is 4.52 Å². The summed E-state index contributed by atoms with van der Waals surface area (Å²) in [7, 11) is 0. The van der Waals surface area contributed by atoms with Crippen LogP contribution in [0.5, 0.6) is 0 Å². The van der Waals surface area contributed by atoms with Crippen LogP contribution >= 0.6 is 27.7 Å². The first-order valence-corrected chi connectivity index (χ1v) is 8.51. The summed E-state index contributed by atoms with van der Waals surface area (Å²) in [5.41, 5.74) is 0. The monoisotopic (exact) mass is 353 g/mol. The van der Waals surface area contributed by atoms with Crippen molar-refractivity contribution in [3.8, 4) is 0 Å². The molecule has 6 heteroatoms. The molecule has 1 N–H and O–H groups in total. The van der Waals surface area contributed by atoms with Gasteiger partial charge in [0.05, 0.1) is 11.7 Å². The van der Waals surface area contributed by atoms with Crippen molar-refractivity contribution in [3.05, 3.63) is 40.5 Å². The van der Waals surface area contributed by atoms with Gasteiger partial charge in [0.15, 0.2) is 5.82 Å². The Balaban J connectivity index is 1.58. The Kier molecular flexibility index (Phi) is 4.75. The number of hydrogen-bond acceptors (Lipinski definition) is 5. The number of halogens is 1. The molecule has 1 saturated heterocycles. The summed E-state index contributed by atoms with van der Waals surface area (Å²) in [5, 5.41) is 7.45. The van der Waals surface area contributed by atoms with Crippen LogP contribution < -0.4 is 5.32 Å². The Hall–Kier alpha value is -0.850. The molecule has 0 radical (unpaired) electrons. The zero-order valence-corrected chi connectivity index (χ0v) is 13.4. The van der Waals surface area contributed by atoms with Crippen LogP contribution in [0.25, 0.3) is 0 Å². The third-order valence-corrected chi connectivity index (χ3v) is 4.85. The van der Waals surface area contributed by atoms with Gasteiger partial charge in [-0.25, -0.2) is 0 Å². The minimum atomic E-state index is 0.377. The van der Waals surface area contributed by atoms with Crippen molar-refractivity contribution >= 4 is 27.7 Å². The Bertz CT molecular complexity index is 552. The Morgan fingerprint density at radius 3 is 2.95 bits per heavy atom. The van der Waals surface area contributed by atoms with Crippen LogP contribution in [0.3, 0.4) is 0 Å². The van der Waals surface area contributed by atoms with Gasteiger partial charge in [-0.1, -0.05) is 21.1 Å². The lowest BCUT2D eigenvalue weighted by Gasteiger charge is -2.18. The van der Waals surface area contributed by atoms with Crippen molar-refractivity contribution in [3.63, 3.8) is 0 Å². The minimum Gasteiger partial charge on any atom is -0.339 e. The van der Waals surface area contributed by atoms with Crippen LogP contribution in [0.2, 0.25) is 0 Å². The Labute approximate surface area is 130 Å². The fourth-order valence-electron chi connectivity index (χ4n) is 2.23. The van der Waals surface area contributed by atoms with Crippen molar-refractivity contribution in [2.24, 2.45) is 0 Å². The molecule has 0 aliphatic carbocycles. The fourth-order valence-corrected chi connectivity index (χ4v) is 3.24. The van der Waals surface area contributed by atoms with Crippen molar-refractivity contribution in [2.45, 2.75) is 29.4 Å². The first-order valence-electron chi connectivity index (χ1n) is 6.73. The standard InChI is InChI=1S/C14H16BrN3OS/c15-11-3-5-12(6-4-11)20-9-13-17-14(19-18-13)10-2-1-7-16-8-10/h3-6,10,16H,1-2,7-9H2. The van der Waals surface area contributed by atoms with Crippen LogP contribution in [0.15, 0.2) is 38.2 Å². The number of rotatable bonds is 4. The van der Waals surface area contributed by atoms with E-state index in [4.69, 9.17) is 4.52 Å². The van der Waals surface area contributed by atoms with Crippen LogP contribution in [-0.4, -0.2) is 23.2 Å². The molecule has 1 aliphatic rings. The highest BCUT2D eigenvalue weighted by Gasteiger charge is 2.21. The van der Waals surface area contributed by atoms with Gasteiger partial charge in [0, 0.05) is 15.9 Å². The molecule has 0 saturated carbocycles. The van der Waals surface area contributed by atoms with Gasteiger partial charge in [-0.05, 0) is 43.7 Å². The molecular weight excluding hydrogens is 338 g/mol. The maximum atomic E-state index is 5.39. The molecule has 1 aromatic heterocycles. The number of nitrogens with zero attached hydrogens (tertiary/aromatic N) is 2. The molecule has 1 atom stereocenters. The average molecular weight is 354 g/mol. The number of aromatic nitrogens is 2. The topological polar surface area (TPSA) is 51.0 Å². The third-order valence-electron chi connectivity index (χ3n) is 3.31. The summed E-state index contributed by atoms with van der Waals surface area (Å²) in [6.45, 7) is 2.04. The second-order valence-corrected chi connectivity index (χ2v) is 6.80. The molecule has 3 rings (SSSR count). The maximum Gasteiger partial charge on any atom is 0.231 e. The number of benzene rings is 1. The molecule has 20 heavy (non-hydrogen) atoms. The van der Waals surface area contributed by atoms with E-state index in [1.165, 1.54) is 11.3 Å². The molecule has 2 heterocycles. The van der Waals surface area contributed by atoms with E-state index in [0.29, 0.717) is 5.92 Å². The number of hydrogen-bond donors (Lipinski definition) is 1. The van der Waals surface area contributed by atoms with E-state index < -0.39 is 0 Å². The van der Waals surface area contributed by atoms with E-state index in [1.807, 2.05) is 12.1 Å². The van der Waals surface area contributed by atoms with Gasteiger partial charge in [-0.3, -0.25) is 0 Å².